The number of anilines is 3. The van der Waals surface area contributed by atoms with Gasteiger partial charge >= 0.3 is 0 Å². The van der Waals surface area contributed by atoms with Crippen molar-refractivity contribution in [1.29, 1.82) is 0 Å². The molecule has 0 aromatic heterocycles. The van der Waals surface area contributed by atoms with Gasteiger partial charge in [-0.05, 0) is 205 Å². The van der Waals surface area contributed by atoms with Crippen molar-refractivity contribution in [2.45, 2.75) is 38.5 Å². The van der Waals surface area contributed by atoms with Gasteiger partial charge in [-0.15, -0.1) is 0 Å². The second kappa shape index (κ2) is 12.9. The van der Waals surface area contributed by atoms with E-state index in [0.717, 1.165) is 17.1 Å². The van der Waals surface area contributed by atoms with E-state index < -0.39 is 0 Å². The maximum absolute atomic E-state index is 2.49. The lowest BCUT2D eigenvalue weighted by atomic mass is 9.81. The number of fused-ring (bicyclic) bond motifs is 16. The first kappa shape index (κ1) is 36.7. The van der Waals surface area contributed by atoms with Crippen molar-refractivity contribution < 1.29 is 0 Å². The van der Waals surface area contributed by atoms with Gasteiger partial charge in [0.05, 0.1) is 0 Å². The first-order chi connectivity index (χ1) is 31.7. The first-order valence-corrected chi connectivity index (χ1v) is 23.1. The molecule has 65 heavy (non-hydrogen) atoms. The van der Waals surface area contributed by atoms with Crippen LogP contribution in [-0.2, 0) is 10.8 Å². The number of hydrogen-bond donors (Lipinski definition) is 0. The molecule has 12 aromatic carbocycles. The van der Waals surface area contributed by atoms with Crippen molar-refractivity contribution in [1.82, 2.24) is 0 Å². The summed E-state index contributed by atoms with van der Waals surface area (Å²) in [5.41, 5.74) is 14.2. The zero-order valence-electron chi connectivity index (χ0n) is 37.0. The smallest absolute Gasteiger partial charge is 0.0468 e. The van der Waals surface area contributed by atoms with Gasteiger partial charge in [-0.2, -0.15) is 0 Å². The fraction of sp³-hybridized carbons (Fsp3) is 0.0938. The van der Waals surface area contributed by atoms with Gasteiger partial charge < -0.3 is 4.90 Å². The molecule has 1 nitrogen and oxygen atoms in total. The van der Waals surface area contributed by atoms with E-state index in [9.17, 15) is 0 Å². The van der Waals surface area contributed by atoms with Crippen molar-refractivity contribution >= 4 is 92.5 Å². The topological polar surface area (TPSA) is 3.24 Å². The summed E-state index contributed by atoms with van der Waals surface area (Å²) in [5.74, 6) is 0. The second-order valence-electron chi connectivity index (χ2n) is 19.8. The average Bonchev–Trinajstić information content (AvgIpc) is 3.68. The average molecular weight is 828 g/mol. The van der Waals surface area contributed by atoms with Gasteiger partial charge in [0.2, 0.25) is 0 Å². The lowest BCUT2D eigenvalue weighted by molar-refractivity contribution is 0.662. The standard InChI is InChI=1S/C64H45N/c1-63(2)59-33-40-15-7-5-13-38(40)29-55(59)57-31-42-21-23-46(27-44(42)35-61(57)63)65(48-25-26-53-51-19-10-9-17-49(51)50-18-11-12-20-52(50)54(53)37-48)47-24-22-43-32-58-56-30-39-14-6-8-16-41(39)34-60(56)64(3,4)62(58)36-45(43)28-47/h5-37H,1-4H3. The molecular weight excluding hydrogens is 783 g/mol. The minimum atomic E-state index is -0.125. The molecule has 0 N–H and O–H groups in total. The summed E-state index contributed by atoms with van der Waals surface area (Å²) in [6, 6.07) is 76.1. The molecule has 2 aliphatic carbocycles. The predicted octanol–water partition coefficient (Wildman–Crippen LogP) is 17.8. The molecule has 0 amide bonds. The Morgan fingerprint density at radius 1 is 0.246 bits per heavy atom. The third kappa shape index (κ3) is 5.15. The van der Waals surface area contributed by atoms with Crippen molar-refractivity contribution in [3.8, 4) is 22.3 Å². The van der Waals surface area contributed by atoms with E-state index in [2.05, 4.69) is 233 Å². The van der Waals surface area contributed by atoms with E-state index in [1.807, 2.05) is 0 Å². The van der Waals surface area contributed by atoms with E-state index in [-0.39, 0.29) is 10.8 Å². The highest BCUT2D eigenvalue weighted by Gasteiger charge is 2.37. The van der Waals surface area contributed by atoms with Gasteiger partial charge in [0, 0.05) is 27.9 Å². The van der Waals surface area contributed by atoms with E-state index in [4.69, 9.17) is 0 Å². The molecule has 12 aromatic rings. The van der Waals surface area contributed by atoms with Crippen LogP contribution >= 0.6 is 0 Å². The third-order valence-electron chi connectivity index (χ3n) is 15.5. The van der Waals surface area contributed by atoms with E-state index in [0.29, 0.717) is 0 Å². The van der Waals surface area contributed by atoms with E-state index in [1.165, 1.54) is 120 Å². The van der Waals surface area contributed by atoms with Crippen LogP contribution in [0.25, 0.3) is 97.7 Å². The number of rotatable bonds is 3. The van der Waals surface area contributed by atoms with Gasteiger partial charge in [-0.3, -0.25) is 0 Å². The maximum atomic E-state index is 2.49. The molecule has 0 unspecified atom stereocenters. The van der Waals surface area contributed by atoms with Crippen LogP contribution in [0.3, 0.4) is 0 Å². The summed E-state index contributed by atoms with van der Waals surface area (Å²) in [5, 5.41) is 17.9. The number of nitrogens with zero attached hydrogens (tertiary/aromatic N) is 1. The lowest BCUT2D eigenvalue weighted by Gasteiger charge is -2.27. The Hall–Kier alpha value is -7.74. The van der Waals surface area contributed by atoms with Crippen molar-refractivity contribution in [3.63, 3.8) is 0 Å². The van der Waals surface area contributed by atoms with Crippen LogP contribution in [0.15, 0.2) is 200 Å². The zero-order valence-corrected chi connectivity index (χ0v) is 37.0. The molecule has 2 aliphatic rings. The molecule has 0 radical (unpaired) electrons. The van der Waals surface area contributed by atoms with Crippen molar-refractivity contribution in [3.05, 3.63) is 222 Å². The lowest BCUT2D eigenvalue weighted by Crippen LogP contribution is -2.15. The second-order valence-corrected chi connectivity index (χ2v) is 19.8. The molecule has 0 aliphatic heterocycles. The first-order valence-electron chi connectivity index (χ1n) is 23.1. The van der Waals surface area contributed by atoms with E-state index >= 15 is 0 Å². The minimum absolute atomic E-state index is 0.125. The highest BCUT2D eigenvalue weighted by Crippen LogP contribution is 2.53. The van der Waals surface area contributed by atoms with Crippen LogP contribution in [0, 0.1) is 0 Å². The summed E-state index contributed by atoms with van der Waals surface area (Å²) in [4.78, 5) is 2.49. The van der Waals surface area contributed by atoms with Crippen LogP contribution in [0.2, 0.25) is 0 Å². The van der Waals surface area contributed by atoms with Crippen molar-refractivity contribution in [2.75, 3.05) is 4.90 Å². The SMILES string of the molecule is CC1(C)c2cc3ccccc3cc2-c2cc3ccc(N(c4ccc5cc6c(cc5c4)C(C)(C)c4cc5ccccc5cc4-6)c4ccc5c6ccccc6c6ccccc6c5c4)cc3cc21. The van der Waals surface area contributed by atoms with Crippen LogP contribution in [0.5, 0.6) is 0 Å². The number of hydrogen-bond acceptors (Lipinski definition) is 1. The van der Waals surface area contributed by atoms with Crippen LogP contribution in [0.1, 0.15) is 49.9 Å². The Bertz CT molecular complexity index is 3850. The number of benzene rings is 12. The Morgan fingerprint density at radius 3 is 0.954 bits per heavy atom. The van der Waals surface area contributed by atoms with Crippen LogP contribution in [-0.4, -0.2) is 0 Å². The monoisotopic (exact) mass is 827 g/mol. The summed E-state index contributed by atoms with van der Waals surface area (Å²) in [6.07, 6.45) is 0. The van der Waals surface area contributed by atoms with Gasteiger partial charge in [0.25, 0.3) is 0 Å². The van der Waals surface area contributed by atoms with Crippen molar-refractivity contribution in [2.24, 2.45) is 0 Å². The fourth-order valence-corrected chi connectivity index (χ4v) is 12.1. The van der Waals surface area contributed by atoms with E-state index in [1.54, 1.807) is 0 Å². The molecule has 0 saturated carbocycles. The molecule has 0 heterocycles. The molecular formula is C64H45N. The summed E-state index contributed by atoms with van der Waals surface area (Å²) < 4.78 is 0. The van der Waals surface area contributed by atoms with Crippen LogP contribution in [0.4, 0.5) is 17.1 Å². The highest BCUT2D eigenvalue weighted by atomic mass is 15.1. The third-order valence-corrected chi connectivity index (χ3v) is 15.5. The molecule has 0 spiro atoms. The fourth-order valence-electron chi connectivity index (χ4n) is 12.1. The van der Waals surface area contributed by atoms with Gasteiger partial charge in [0.1, 0.15) is 0 Å². The Balaban J connectivity index is 0.977. The molecule has 0 fully saturated rings. The Labute approximate surface area is 378 Å². The summed E-state index contributed by atoms with van der Waals surface area (Å²) in [6.45, 7) is 9.58. The predicted molar refractivity (Wildman–Crippen MR) is 279 cm³/mol. The molecule has 0 atom stereocenters. The summed E-state index contributed by atoms with van der Waals surface area (Å²) in [7, 11) is 0. The highest BCUT2D eigenvalue weighted by molar-refractivity contribution is 6.26. The quantitative estimate of drug-likeness (QED) is 0.160. The molecule has 0 saturated heterocycles. The van der Waals surface area contributed by atoms with Gasteiger partial charge in [-0.1, -0.05) is 143 Å². The molecule has 306 valence electrons. The molecule has 14 rings (SSSR count). The zero-order chi connectivity index (χ0) is 43.3. The van der Waals surface area contributed by atoms with Gasteiger partial charge in [0.15, 0.2) is 0 Å². The minimum Gasteiger partial charge on any atom is -0.310 e. The molecule has 1 heteroatoms. The maximum Gasteiger partial charge on any atom is 0.0468 e. The van der Waals surface area contributed by atoms with Crippen LogP contribution < -0.4 is 4.90 Å². The Morgan fingerprint density at radius 2 is 0.538 bits per heavy atom. The Kier molecular flexibility index (Phi) is 7.30. The molecule has 0 bridgehead atoms. The largest absolute Gasteiger partial charge is 0.310 e. The normalized spacial score (nSPS) is 14.4. The summed E-state index contributed by atoms with van der Waals surface area (Å²) >= 11 is 0. The van der Waals surface area contributed by atoms with Gasteiger partial charge in [-0.25, -0.2) is 0 Å².